The fourth-order valence-electron chi connectivity index (χ4n) is 11.7. The maximum Gasteiger partial charge on any atom is 0.472 e. The van der Waals surface area contributed by atoms with Crippen molar-refractivity contribution in [3.63, 3.8) is 0 Å². The van der Waals surface area contributed by atoms with Crippen LogP contribution in [0.15, 0.2) is 0 Å². The molecular weight excluding hydrogens is 1250 g/mol. The molecule has 19 heteroatoms. The van der Waals surface area contributed by atoms with E-state index in [2.05, 4.69) is 41.5 Å². The van der Waals surface area contributed by atoms with Crippen LogP contribution in [0.2, 0.25) is 0 Å². The van der Waals surface area contributed by atoms with E-state index >= 15 is 0 Å². The maximum atomic E-state index is 13.1. The summed E-state index contributed by atoms with van der Waals surface area (Å²) in [4.78, 5) is 72.7. The minimum absolute atomic E-state index is 0.105. The number of unbranched alkanes of at least 4 members (excludes halogenated alkanes) is 45. The van der Waals surface area contributed by atoms with Crippen LogP contribution in [0.4, 0.5) is 0 Å². The summed E-state index contributed by atoms with van der Waals surface area (Å²) in [6.07, 6.45) is 55.7. The van der Waals surface area contributed by atoms with Gasteiger partial charge in [-0.1, -0.05) is 343 Å². The van der Waals surface area contributed by atoms with Gasteiger partial charge in [-0.25, -0.2) is 9.13 Å². The predicted molar refractivity (Wildman–Crippen MR) is 386 cm³/mol. The first-order valence-corrected chi connectivity index (χ1v) is 42.5. The van der Waals surface area contributed by atoms with Gasteiger partial charge in [0.05, 0.1) is 26.4 Å². The lowest BCUT2D eigenvalue weighted by molar-refractivity contribution is -0.161. The number of hydrogen-bond donors (Lipinski definition) is 3. The molecule has 0 aliphatic carbocycles. The lowest BCUT2D eigenvalue weighted by Gasteiger charge is -2.21. The highest BCUT2D eigenvalue weighted by Gasteiger charge is 2.30. The first kappa shape index (κ1) is 93.1. The van der Waals surface area contributed by atoms with Crippen molar-refractivity contribution in [3.05, 3.63) is 0 Å². The van der Waals surface area contributed by atoms with E-state index in [4.69, 9.17) is 37.0 Å². The van der Waals surface area contributed by atoms with Gasteiger partial charge >= 0.3 is 39.5 Å². The molecule has 0 aromatic heterocycles. The van der Waals surface area contributed by atoms with E-state index in [1.165, 1.54) is 205 Å². The topological polar surface area (TPSA) is 237 Å². The Morgan fingerprint density at radius 1 is 0.284 bits per heavy atom. The van der Waals surface area contributed by atoms with E-state index in [9.17, 15) is 43.2 Å². The number of phosphoric ester groups is 2. The van der Waals surface area contributed by atoms with Gasteiger partial charge in [0.15, 0.2) is 12.2 Å². The third-order valence-corrected chi connectivity index (χ3v) is 19.6. The summed E-state index contributed by atoms with van der Waals surface area (Å²) in [6, 6.07) is 0. The molecule has 0 aromatic rings. The third-order valence-electron chi connectivity index (χ3n) is 17.7. The Hall–Kier alpha value is -1.94. The largest absolute Gasteiger partial charge is 0.472 e. The molecule has 3 N–H and O–H groups in total. The van der Waals surface area contributed by atoms with Crippen LogP contribution in [-0.2, 0) is 65.4 Å². The molecule has 0 bridgehead atoms. The molecule has 17 nitrogen and oxygen atoms in total. The van der Waals surface area contributed by atoms with Gasteiger partial charge in [0.2, 0.25) is 0 Å². The van der Waals surface area contributed by atoms with Gasteiger partial charge in [-0.3, -0.25) is 37.3 Å². The fraction of sp³-hybridized carbons (Fsp3) is 0.947. The van der Waals surface area contributed by atoms with E-state index in [1.54, 1.807) is 0 Å². The second-order valence-corrected chi connectivity index (χ2v) is 31.3. The number of rotatable bonds is 75. The van der Waals surface area contributed by atoms with E-state index in [0.717, 1.165) is 102 Å². The number of carbonyl (C=O) groups is 4. The van der Waals surface area contributed by atoms with Crippen molar-refractivity contribution in [2.24, 2.45) is 11.8 Å². The Morgan fingerprint density at radius 3 is 0.716 bits per heavy atom. The molecule has 0 saturated carbocycles. The van der Waals surface area contributed by atoms with Gasteiger partial charge in [-0.05, 0) is 37.5 Å². The number of phosphoric acid groups is 2. The summed E-state index contributed by atoms with van der Waals surface area (Å²) in [7, 11) is -9.91. The molecule has 0 saturated heterocycles. The van der Waals surface area contributed by atoms with Crippen molar-refractivity contribution in [3.8, 4) is 0 Å². The van der Waals surface area contributed by atoms with Crippen molar-refractivity contribution in [2.45, 2.75) is 413 Å². The van der Waals surface area contributed by atoms with Crippen LogP contribution in [0.3, 0.4) is 0 Å². The van der Waals surface area contributed by atoms with Crippen molar-refractivity contribution >= 4 is 39.5 Å². The van der Waals surface area contributed by atoms with Gasteiger partial charge in [0, 0.05) is 25.7 Å². The number of aliphatic hydroxyl groups is 1. The molecule has 564 valence electrons. The highest BCUT2D eigenvalue weighted by atomic mass is 31.2. The van der Waals surface area contributed by atoms with Crippen LogP contribution in [0.25, 0.3) is 0 Å². The number of carbonyl (C=O) groups excluding carboxylic acids is 4. The molecule has 0 rings (SSSR count). The van der Waals surface area contributed by atoms with Gasteiger partial charge < -0.3 is 33.8 Å². The molecule has 95 heavy (non-hydrogen) atoms. The Morgan fingerprint density at radius 2 is 0.484 bits per heavy atom. The first-order chi connectivity index (χ1) is 45.9. The normalized spacial score (nSPS) is 14.0. The molecule has 0 heterocycles. The Balaban J connectivity index is 5.20. The van der Waals surface area contributed by atoms with E-state index in [-0.39, 0.29) is 25.7 Å². The molecule has 0 fully saturated rings. The van der Waals surface area contributed by atoms with Crippen LogP contribution < -0.4 is 0 Å². The van der Waals surface area contributed by atoms with Crippen LogP contribution in [0.1, 0.15) is 395 Å². The van der Waals surface area contributed by atoms with Crippen LogP contribution in [0.5, 0.6) is 0 Å². The fourth-order valence-corrected chi connectivity index (χ4v) is 13.2. The molecule has 5 atom stereocenters. The molecule has 0 amide bonds. The van der Waals surface area contributed by atoms with Gasteiger partial charge in [0.1, 0.15) is 19.3 Å². The summed E-state index contributed by atoms with van der Waals surface area (Å²) in [5.74, 6) is -0.639. The minimum Gasteiger partial charge on any atom is -0.462 e. The third kappa shape index (κ3) is 70.3. The summed E-state index contributed by atoms with van der Waals surface area (Å²) >= 11 is 0. The molecule has 0 aliphatic rings. The van der Waals surface area contributed by atoms with Crippen LogP contribution in [0, 0.1) is 11.8 Å². The zero-order valence-electron chi connectivity index (χ0n) is 62.0. The Kier molecular flexibility index (Phi) is 66.5. The van der Waals surface area contributed by atoms with E-state index in [1.807, 2.05) is 0 Å². The highest BCUT2D eigenvalue weighted by Crippen LogP contribution is 2.45. The molecule has 0 aliphatic heterocycles. The second-order valence-electron chi connectivity index (χ2n) is 28.3. The molecule has 0 aromatic carbocycles. The molecule has 2 unspecified atom stereocenters. The number of aliphatic hydroxyl groups excluding tert-OH is 1. The standard InChI is InChI=1S/C76H148O17P2/c1-7-9-11-13-15-17-19-20-21-22-23-24-25-30-33-37-41-49-55-61-76(81)92-71(64-86-73(78)58-52-46-39-36-32-29-27-26-28-31-34-38-44-50-56-68(3)4)66-90-94(82,83)88-62-70(77)63-89-95(84,85)91-67-72(65-87-74(79)59-53-47-43-42-45-51-57-69(5)6)93-75(80)60-54-48-40-35-18-16-14-12-10-8-2/h68-72,77H,7-67H2,1-6H3,(H,82,83)(H,84,85)/t70-,71-,72-/m1/s1. The summed E-state index contributed by atoms with van der Waals surface area (Å²) in [5, 5.41) is 10.6. The van der Waals surface area contributed by atoms with Gasteiger partial charge in [-0.15, -0.1) is 0 Å². The van der Waals surface area contributed by atoms with Gasteiger partial charge in [-0.2, -0.15) is 0 Å². The average Bonchev–Trinajstić information content (AvgIpc) is 1.88. The zero-order chi connectivity index (χ0) is 70.0. The molecule has 0 radical (unpaired) electrons. The minimum atomic E-state index is -4.96. The molecular formula is C76H148O17P2. The quantitative estimate of drug-likeness (QED) is 0.0222. The zero-order valence-corrected chi connectivity index (χ0v) is 63.8. The lowest BCUT2D eigenvalue weighted by Crippen LogP contribution is -2.30. The van der Waals surface area contributed by atoms with E-state index < -0.39 is 97.5 Å². The summed E-state index contributed by atoms with van der Waals surface area (Å²) in [5.41, 5.74) is 0. The van der Waals surface area contributed by atoms with Gasteiger partial charge in [0.25, 0.3) is 0 Å². The Labute approximate surface area is 581 Å². The average molecular weight is 1400 g/mol. The van der Waals surface area contributed by atoms with Crippen molar-refractivity contribution in [1.29, 1.82) is 0 Å². The van der Waals surface area contributed by atoms with Crippen molar-refractivity contribution in [1.82, 2.24) is 0 Å². The predicted octanol–water partition coefficient (Wildman–Crippen LogP) is 22.3. The van der Waals surface area contributed by atoms with Crippen molar-refractivity contribution < 1.29 is 80.2 Å². The summed E-state index contributed by atoms with van der Waals surface area (Å²) in [6.45, 7) is 9.52. The lowest BCUT2D eigenvalue weighted by atomic mass is 10.0. The monoisotopic (exact) mass is 1400 g/mol. The number of esters is 4. The highest BCUT2D eigenvalue weighted by molar-refractivity contribution is 7.47. The Bertz CT molecular complexity index is 1840. The molecule has 0 spiro atoms. The smallest absolute Gasteiger partial charge is 0.462 e. The van der Waals surface area contributed by atoms with Crippen LogP contribution in [-0.4, -0.2) is 96.7 Å². The summed E-state index contributed by atoms with van der Waals surface area (Å²) < 4.78 is 68.4. The SMILES string of the molecule is CCCCCCCCCCCCCCCCCCCCCC(=O)O[C@H](COC(=O)CCCCCCCCCCCCCCCCC(C)C)COP(=O)(O)OC[C@@H](O)COP(=O)(O)OC[C@@H](COC(=O)CCCCCCCCC(C)C)OC(=O)CCCCCCCCCCCC. The maximum absolute atomic E-state index is 13.1. The second kappa shape index (κ2) is 67.9. The first-order valence-electron chi connectivity index (χ1n) is 39.5. The van der Waals surface area contributed by atoms with Crippen molar-refractivity contribution in [2.75, 3.05) is 39.6 Å². The number of ether oxygens (including phenoxy) is 4. The van der Waals surface area contributed by atoms with Crippen LogP contribution >= 0.6 is 15.6 Å². The number of hydrogen-bond acceptors (Lipinski definition) is 15. The van der Waals surface area contributed by atoms with E-state index in [0.29, 0.717) is 31.6 Å².